The van der Waals surface area contributed by atoms with Gasteiger partial charge in [0.05, 0.1) is 19.8 Å². The SMILES string of the molecule is CON(C)OCc1ccc(CCNCC(O)c2ccc(Cl)cc2)cc1. The lowest BCUT2D eigenvalue weighted by molar-refractivity contribution is -0.346. The summed E-state index contributed by atoms with van der Waals surface area (Å²) in [6.45, 7) is 1.78. The monoisotopic (exact) mass is 364 g/mol. The molecule has 6 heteroatoms. The van der Waals surface area contributed by atoms with Gasteiger partial charge < -0.3 is 10.4 Å². The predicted octanol–water partition coefficient (Wildman–Crippen LogP) is 3.13. The van der Waals surface area contributed by atoms with Crippen LogP contribution >= 0.6 is 11.6 Å². The molecule has 1 unspecified atom stereocenters. The van der Waals surface area contributed by atoms with E-state index in [1.54, 1.807) is 26.3 Å². The third-order valence-corrected chi connectivity index (χ3v) is 4.13. The summed E-state index contributed by atoms with van der Waals surface area (Å²) in [5.74, 6) is 0. The number of nitrogens with one attached hydrogen (secondary N) is 1. The van der Waals surface area contributed by atoms with Crippen LogP contribution in [-0.2, 0) is 22.7 Å². The first-order chi connectivity index (χ1) is 12.1. The molecule has 0 aromatic heterocycles. The molecule has 0 heterocycles. The Balaban J connectivity index is 1.68. The fourth-order valence-electron chi connectivity index (χ4n) is 2.29. The molecule has 2 N–H and O–H groups in total. The van der Waals surface area contributed by atoms with Crippen molar-refractivity contribution in [2.75, 3.05) is 27.2 Å². The maximum absolute atomic E-state index is 10.1. The zero-order chi connectivity index (χ0) is 18.1. The summed E-state index contributed by atoms with van der Waals surface area (Å²) in [7, 11) is 3.26. The van der Waals surface area contributed by atoms with E-state index in [-0.39, 0.29) is 0 Å². The number of aliphatic hydroxyl groups is 1. The molecule has 0 aliphatic heterocycles. The number of rotatable bonds is 10. The standard InChI is InChI=1S/C19H25ClN2O3/c1-22(24-2)25-14-16-5-3-15(4-6-16)11-12-21-13-19(23)17-7-9-18(20)10-8-17/h3-10,19,21,23H,11-14H2,1-2H3. The Morgan fingerprint density at radius 3 is 2.36 bits per heavy atom. The molecular formula is C19H25ClN2O3. The number of hydrogen-bond acceptors (Lipinski definition) is 5. The first kappa shape index (κ1) is 19.8. The molecule has 2 aromatic rings. The molecule has 5 nitrogen and oxygen atoms in total. The highest BCUT2D eigenvalue weighted by Crippen LogP contribution is 2.15. The summed E-state index contributed by atoms with van der Waals surface area (Å²) in [6, 6.07) is 15.5. The molecule has 0 aliphatic carbocycles. The quantitative estimate of drug-likeness (QED) is 0.501. The Hall–Kier alpha value is -1.47. The number of nitrogens with zero attached hydrogens (tertiary/aromatic N) is 1. The van der Waals surface area contributed by atoms with Gasteiger partial charge in [0.1, 0.15) is 0 Å². The largest absolute Gasteiger partial charge is 0.387 e. The lowest BCUT2D eigenvalue weighted by atomic mass is 10.1. The first-order valence-electron chi connectivity index (χ1n) is 8.21. The van der Waals surface area contributed by atoms with E-state index in [9.17, 15) is 5.11 Å². The molecule has 2 rings (SSSR count). The van der Waals surface area contributed by atoms with E-state index in [1.807, 2.05) is 24.3 Å². The predicted molar refractivity (Wildman–Crippen MR) is 99.0 cm³/mol. The van der Waals surface area contributed by atoms with Crippen LogP contribution in [0, 0.1) is 0 Å². The minimum atomic E-state index is -0.533. The average molecular weight is 365 g/mol. The van der Waals surface area contributed by atoms with E-state index in [4.69, 9.17) is 21.3 Å². The van der Waals surface area contributed by atoms with Crippen molar-refractivity contribution in [1.82, 2.24) is 10.5 Å². The zero-order valence-corrected chi connectivity index (χ0v) is 15.4. The van der Waals surface area contributed by atoms with Crippen molar-refractivity contribution < 1.29 is 14.8 Å². The molecule has 2 aromatic carbocycles. The minimum Gasteiger partial charge on any atom is -0.387 e. The van der Waals surface area contributed by atoms with Gasteiger partial charge in [0.25, 0.3) is 0 Å². The van der Waals surface area contributed by atoms with E-state index >= 15 is 0 Å². The molecule has 1 atom stereocenters. The molecule has 25 heavy (non-hydrogen) atoms. The second-order valence-electron chi connectivity index (χ2n) is 5.73. The molecule has 0 spiro atoms. The van der Waals surface area contributed by atoms with Gasteiger partial charge in [-0.05, 0) is 41.8 Å². The molecule has 0 amide bonds. The Labute approximate surface area is 154 Å². The van der Waals surface area contributed by atoms with E-state index < -0.39 is 6.10 Å². The van der Waals surface area contributed by atoms with E-state index in [2.05, 4.69) is 17.4 Å². The summed E-state index contributed by atoms with van der Waals surface area (Å²) >= 11 is 5.85. The maximum atomic E-state index is 10.1. The van der Waals surface area contributed by atoms with Crippen LogP contribution in [0.5, 0.6) is 0 Å². The van der Waals surface area contributed by atoms with Crippen LogP contribution in [0.3, 0.4) is 0 Å². The van der Waals surface area contributed by atoms with Crippen LogP contribution in [0.25, 0.3) is 0 Å². The van der Waals surface area contributed by atoms with Gasteiger partial charge in [-0.3, -0.25) is 9.68 Å². The van der Waals surface area contributed by atoms with Crippen molar-refractivity contribution >= 4 is 11.6 Å². The van der Waals surface area contributed by atoms with Crippen LogP contribution in [0.2, 0.25) is 5.02 Å². The van der Waals surface area contributed by atoms with Gasteiger partial charge in [0.15, 0.2) is 0 Å². The molecular weight excluding hydrogens is 340 g/mol. The van der Waals surface area contributed by atoms with Crippen molar-refractivity contribution in [3.63, 3.8) is 0 Å². The second-order valence-corrected chi connectivity index (χ2v) is 6.17. The normalized spacial score (nSPS) is 12.5. The van der Waals surface area contributed by atoms with E-state index in [0.717, 1.165) is 24.1 Å². The summed E-state index contributed by atoms with van der Waals surface area (Å²) < 4.78 is 0. The van der Waals surface area contributed by atoms with Gasteiger partial charge in [-0.15, -0.1) is 0 Å². The summed E-state index contributed by atoms with van der Waals surface area (Å²) in [5.41, 5.74) is 3.18. The lowest BCUT2D eigenvalue weighted by Gasteiger charge is -2.13. The first-order valence-corrected chi connectivity index (χ1v) is 8.59. The molecule has 0 aliphatic rings. The highest BCUT2D eigenvalue weighted by Gasteiger charge is 2.06. The smallest absolute Gasteiger partial charge is 0.0962 e. The number of aliphatic hydroxyl groups excluding tert-OH is 1. The number of halogens is 1. The van der Waals surface area contributed by atoms with Gasteiger partial charge >= 0.3 is 0 Å². The van der Waals surface area contributed by atoms with Crippen molar-refractivity contribution in [2.45, 2.75) is 19.1 Å². The highest BCUT2D eigenvalue weighted by molar-refractivity contribution is 6.30. The summed E-state index contributed by atoms with van der Waals surface area (Å²) in [6.07, 6.45) is 0.362. The van der Waals surface area contributed by atoms with Gasteiger partial charge in [-0.25, -0.2) is 0 Å². The van der Waals surface area contributed by atoms with Gasteiger partial charge in [0.2, 0.25) is 0 Å². The van der Waals surface area contributed by atoms with Gasteiger partial charge in [-0.2, -0.15) is 0 Å². The van der Waals surface area contributed by atoms with Crippen LogP contribution < -0.4 is 5.32 Å². The Morgan fingerprint density at radius 2 is 1.72 bits per heavy atom. The Kier molecular flexibility index (Phi) is 8.34. The Bertz CT molecular complexity index is 620. The average Bonchev–Trinajstić information content (AvgIpc) is 2.64. The second kappa shape index (κ2) is 10.5. The van der Waals surface area contributed by atoms with Crippen LogP contribution in [0.15, 0.2) is 48.5 Å². The third kappa shape index (κ3) is 7.12. The van der Waals surface area contributed by atoms with Crippen LogP contribution in [0.4, 0.5) is 0 Å². The number of hydroxylamine groups is 2. The summed E-state index contributed by atoms with van der Waals surface area (Å²) in [4.78, 5) is 10.2. The molecule has 0 saturated heterocycles. The number of benzene rings is 2. The molecule has 136 valence electrons. The van der Waals surface area contributed by atoms with Crippen molar-refractivity contribution in [2.24, 2.45) is 0 Å². The van der Waals surface area contributed by atoms with E-state index in [1.165, 1.54) is 10.8 Å². The van der Waals surface area contributed by atoms with Crippen molar-refractivity contribution in [3.8, 4) is 0 Å². The fourth-order valence-corrected chi connectivity index (χ4v) is 2.42. The summed E-state index contributed by atoms with van der Waals surface area (Å²) in [5, 5.41) is 15.4. The van der Waals surface area contributed by atoms with Crippen LogP contribution in [-0.4, -0.2) is 37.6 Å². The maximum Gasteiger partial charge on any atom is 0.0962 e. The third-order valence-electron chi connectivity index (χ3n) is 3.88. The number of hydrogen-bond donors (Lipinski definition) is 2. The molecule has 0 fully saturated rings. The van der Waals surface area contributed by atoms with Gasteiger partial charge in [0, 0.05) is 18.6 Å². The van der Waals surface area contributed by atoms with E-state index in [0.29, 0.717) is 18.2 Å². The fraction of sp³-hybridized carbons (Fsp3) is 0.368. The van der Waals surface area contributed by atoms with Crippen molar-refractivity contribution in [3.05, 3.63) is 70.2 Å². The lowest BCUT2D eigenvalue weighted by Crippen LogP contribution is -2.23. The molecule has 0 saturated carbocycles. The topological polar surface area (TPSA) is 54.0 Å². The molecule has 0 bridgehead atoms. The minimum absolute atomic E-state index is 0.468. The van der Waals surface area contributed by atoms with Crippen LogP contribution in [0.1, 0.15) is 22.8 Å². The highest BCUT2D eigenvalue weighted by atomic mass is 35.5. The molecule has 0 radical (unpaired) electrons. The van der Waals surface area contributed by atoms with Gasteiger partial charge in [-0.1, -0.05) is 53.2 Å². The Morgan fingerprint density at radius 1 is 1.08 bits per heavy atom. The zero-order valence-electron chi connectivity index (χ0n) is 14.6. The van der Waals surface area contributed by atoms with Crippen molar-refractivity contribution in [1.29, 1.82) is 0 Å².